The molecule has 0 N–H and O–H groups in total. The van der Waals surface area contributed by atoms with Gasteiger partial charge in [0.15, 0.2) is 11.6 Å². The zero-order valence-electron chi connectivity index (χ0n) is 26.0. The van der Waals surface area contributed by atoms with Crippen molar-refractivity contribution in [1.82, 2.24) is 34.1 Å². The average Bonchev–Trinajstić information content (AvgIpc) is 3.87. The van der Waals surface area contributed by atoms with Gasteiger partial charge >= 0.3 is 0 Å². The predicted octanol–water partition coefficient (Wildman–Crippen LogP) is 9.92. The Bertz CT molecular complexity index is 2810. The van der Waals surface area contributed by atoms with Crippen molar-refractivity contribution in [1.29, 1.82) is 0 Å². The van der Waals surface area contributed by atoms with Gasteiger partial charge in [-0.25, -0.2) is 24.9 Å². The Morgan fingerprint density at radius 2 is 0.939 bits per heavy atom. The summed E-state index contributed by atoms with van der Waals surface area (Å²) in [6.45, 7) is 0. The van der Waals surface area contributed by atoms with Crippen LogP contribution in [0.1, 0.15) is 0 Å². The minimum atomic E-state index is 0.698. The average molecular weight is 648 g/mol. The third-order valence-electron chi connectivity index (χ3n) is 9.05. The van der Waals surface area contributed by atoms with Gasteiger partial charge in [0.1, 0.15) is 10.0 Å². The van der Waals surface area contributed by atoms with Crippen molar-refractivity contribution in [2.75, 3.05) is 0 Å². The molecule has 0 aliphatic rings. The van der Waals surface area contributed by atoms with E-state index in [0.717, 1.165) is 76.0 Å². The van der Waals surface area contributed by atoms with Gasteiger partial charge in [0.2, 0.25) is 0 Å². The van der Waals surface area contributed by atoms with Gasteiger partial charge in [-0.1, -0.05) is 59.9 Å². The number of para-hydroxylation sites is 1. The Labute approximate surface area is 284 Å². The van der Waals surface area contributed by atoms with Crippen LogP contribution in [0.2, 0.25) is 0 Å². The first kappa shape index (κ1) is 27.6. The summed E-state index contributed by atoms with van der Waals surface area (Å²) in [7, 11) is 0. The van der Waals surface area contributed by atoms with E-state index in [1.807, 2.05) is 24.4 Å². The van der Waals surface area contributed by atoms with E-state index in [4.69, 9.17) is 4.98 Å². The van der Waals surface area contributed by atoms with Crippen LogP contribution in [-0.4, -0.2) is 34.1 Å². The zero-order valence-corrected chi connectivity index (χ0v) is 26.8. The van der Waals surface area contributed by atoms with Crippen molar-refractivity contribution >= 4 is 54.9 Å². The fourth-order valence-electron chi connectivity index (χ4n) is 6.88. The second-order valence-electron chi connectivity index (χ2n) is 11.9. The van der Waals surface area contributed by atoms with E-state index in [2.05, 4.69) is 132 Å². The molecule has 0 saturated carbocycles. The van der Waals surface area contributed by atoms with Crippen LogP contribution in [0.5, 0.6) is 0 Å². The Kier molecular flexibility index (Phi) is 6.22. The topological polar surface area (TPSA) is 74.3 Å². The molecular formula is C41H25N7S. The number of benzene rings is 5. The van der Waals surface area contributed by atoms with Crippen LogP contribution in [0.3, 0.4) is 0 Å². The third-order valence-corrected chi connectivity index (χ3v) is 10.1. The highest BCUT2D eigenvalue weighted by Gasteiger charge is 2.21. The number of hydrogen-bond donors (Lipinski definition) is 0. The Morgan fingerprint density at radius 1 is 0.408 bits per heavy atom. The van der Waals surface area contributed by atoms with Gasteiger partial charge in [0.05, 0.1) is 28.3 Å². The summed E-state index contributed by atoms with van der Waals surface area (Å²) in [6.07, 6.45) is 9.13. The first-order chi connectivity index (χ1) is 24.3. The molecule has 0 bridgehead atoms. The maximum absolute atomic E-state index is 4.88. The lowest BCUT2D eigenvalue weighted by atomic mass is 10.0. The molecule has 0 saturated heterocycles. The van der Waals surface area contributed by atoms with E-state index < -0.39 is 0 Å². The van der Waals surface area contributed by atoms with Crippen LogP contribution in [0.4, 0.5) is 0 Å². The first-order valence-electron chi connectivity index (χ1n) is 16.0. The molecule has 0 aliphatic heterocycles. The van der Waals surface area contributed by atoms with Crippen molar-refractivity contribution < 1.29 is 0 Å². The zero-order chi connectivity index (χ0) is 32.3. The summed E-state index contributed by atoms with van der Waals surface area (Å²) in [4.78, 5) is 23.1. The summed E-state index contributed by atoms with van der Waals surface area (Å²) in [6, 6.07) is 42.3. The van der Waals surface area contributed by atoms with Gasteiger partial charge < -0.3 is 4.57 Å². The Morgan fingerprint density at radius 3 is 1.55 bits per heavy atom. The minimum Gasteiger partial charge on any atom is -0.309 e. The maximum atomic E-state index is 4.88. The molecule has 7 nitrogen and oxygen atoms in total. The standard InChI is InChI=1S/C41H25N7S/c1-3-9-26(10-4-1)41-46-25-38(49-41)48-35-16-14-28(40-44-19-8-20-45-40)22-31(35)33-23-32-30-21-27(39-42-17-7-18-43-39)13-15-34(30)47(36(32)24-37(33)48)29-11-5-2-6-12-29/h1-25H. The Hall–Kier alpha value is -6.51. The van der Waals surface area contributed by atoms with E-state index in [-0.39, 0.29) is 0 Å². The summed E-state index contributed by atoms with van der Waals surface area (Å²) < 4.78 is 4.70. The number of aromatic nitrogens is 7. The van der Waals surface area contributed by atoms with Crippen molar-refractivity contribution in [2.24, 2.45) is 0 Å². The van der Waals surface area contributed by atoms with Crippen LogP contribution in [0.25, 0.3) is 87.6 Å². The molecule has 0 amide bonds. The van der Waals surface area contributed by atoms with E-state index in [1.54, 1.807) is 36.1 Å². The van der Waals surface area contributed by atoms with Gasteiger partial charge in [-0.3, -0.25) is 4.57 Å². The van der Waals surface area contributed by atoms with Gasteiger partial charge in [0, 0.05) is 68.7 Å². The number of thiazole rings is 1. The van der Waals surface area contributed by atoms with Crippen molar-refractivity contribution in [3.05, 3.63) is 152 Å². The Balaban J connectivity index is 1.31. The largest absolute Gasteiger partial charge is 0.309 e. The minimum absolute atomic E-state index is 0.698. The molecule has 5 heterocycles. The van der Waals surface area contributed by atoms with Crippen molar-refractivity contribution in [2.45, 2.75) is 0 Å². The summed E-state index contributed by atoms with van der Waals surface area (Å²) in [5.74, 6) is 1.40. The molecule has 0 spiro atoms. The molecular weight excluding hydrogens is 623 g/mol. The fourth-order valence-corrected chi connectivity index (χ4v) is 7.83. The van der Waals surface area contributed by atoms with Crippen LogP contribution in [0, 0.1) is 0 Å². The predicted molar refractivity (Wildman–Crippen MR) is 198 cm³/mol. The molecule has 5 aromatic carbocycles. The highest BCUT2D eigenvalue weighted by Crippen LogP contribution is 2.42. The SMILES string of the molecule is c1ccc(-c2ncc(-n3c4ccc(-c5ncccn5)cc4c4cc5c6cc(-c7ncccn7)ccc6n(-c6ccccc6)c5cc43)s2)cc1. The van der Waals surface area contributed by atoms with Crippen LogP contribution in [0.15, 0.2) is 152 Å². The van der Waals surface area contributed by atoms with E-state index in [0.29, 0.717) is 11.6 Å². The molecule has 49 heavy (non-hydrogen) atoms. The third kappa shape index (κ3) is 4.46. The molecule has 10 rings (SSSR count). The van der Waals surface area contributed by atoms with Crippen LogP contribution in [-0.2, 0) is 0 Å². The number of hydrogen-bond acceptors (Lipinski definition) is 6. The number of nitrogens with zero attached hydrogens (tertiary/aromatic N) is 7. The lowest BCUT2D eigenvalue weighted by molar-refractivity contribution is 1.17. The molecule has 5 aromatic heterocycles. The highest BCUT2D eigenvalue weighted by molar-refractivity contribution is 7.17. The summed E-state index contributed by atoms with van der Waals surface area (Å²) in [5.41, 5.74) is 8.58. The number of rotatable bonds is 5. The fraction of sp³-hybridized carbons (Fsp3) is 0. The molecule has 0 aliphatic carbocycles. The maximum Gasteiger partial charge on any atom is 0.159 e. The summed E-state index contributed by atoms with van der Waals surface area (Å²) >= 11 is 1.69. The second kappa shape index (κ2) is 11.0. The molecule has 0 unspecified atom stereocenters. The number of fused-ring (bicyclic) bond motifs is 6. The van der Waals surface area contributed by atoms with E-state index in [1.165, 1.54) is 0 Å². The molecule has 0 fully saturated rings. The van der Waals surface area contributed by atoms with E-state index >= 15 is 0 Å². The van der Waals surface area contributed by atoms with Crippen LogP contribution >= 0.6 is 11.3 Å². The normalized spacial score (nSPS) is 11.7. The molecule has 10 aromatic rings. The molecule has 230 valence electrons. The lowest BCUT2D eigenvalue weighted by Crippen LogP contribution is -1.94. The highest BCUT2D eigenvalue weighted by atomic mass is 32.1. The monoisotopic (exact) mass is 647 g/mol. The second-order valence-corrected chi connectivity index (χ2v) is 12.9. The first-order valence-corrected chi connectivity index (χ1v) is 16.8. The lowest BCUT2D eigenvalue weighted by Gasteiger charge is -2.09. The summed E-state index contributed by atoms with van der Waals surface area (Å²) in [5, 5.41) is 6.59. The smallest absolute Gasteiger partial charge is 0.159 e. The van der Waals surface area contributed by atoms with Crippen LogP contribution < -0.4 is 0 Å². The molecule has 0 atom stereocenters. The van der Waals surface area contributed by atoms with Crippen molar-refractivity contribution in [3.63, 3.8) is 0 Å². The molecule has 8 heteroatoms. The quantitative estimate of drug-likeness (QED) is 0.186. The van der Waals surface area contributed by atoms with E-state index in [9.17, 15) is 0 Å². The van der Waals surface area contributed by atoms with Gasteiger partial charge in [-0.15, -0.1) is 0 Å². The van der Waals surface area contributed by atoms with Gasteiger partial charge in [-0.05, 0) is 72.8 Å². The van der Waals surface area contributed by atoms with Gasteiger partial charge in [0.25, 0.3) is 0 Å². The molecule has 0 radical (unpaired) electrons. The van der Waals surface area contributed by atoms with Crippen molar-refractivity contribution in [3.8, 4) is 44.0 Å². The van der Waals surface area contributed by atoms with Gasteiger partial charge in [-0.2, -0.15) is 0 Å².